The molecule has 0 aromatic heterocycles. The van der Waals surface area contributed by atoms with E-state index in [1.54, 1.807) is 14.2 Å². The second-order valence-corrected chi connectivity index (χ2v) is 6.92. The normalized spacial score (nSPS) is 11.5. The summed E-state index contributed by atoms with van der Waals surface area (Å²) in [5, 5.41) is 0. The second-order valence-electron chi connectivity index (χ2n) is 4.34. The highest BCUT2D eigenvalue weighted by Crippen LogP contribution is 2.28. The van der Waals surface area contributed by atoms with E-state index in [4.69, 9.17) is 22.8 Å². The van der Waals surface area contributed by atoms with Gasteiger partial charge in [0.25, 0.3) is 0 Å². The van der Waals surface area contributed by atoms with Gasteiger partial charge in [-0.15, -0.1) is 0 Å². The molecule has 5 nitrogen and oxygen atoms in total. The standard InChI is InChI=1S/C15H26O5Si/c1-6-18-21(19-7-2,20-8-3)12-13-9-10-14(16-4)11-15(13)17-5/h9-11H,6-8,12H2,1-5H3. The van der Waals surface area contributed by atoms with Gasteiger partial charge in [-0.1, -0.05) is 6.07 Å². The summed E-state index contributed by atoms with van der Waals surface area (Å²) in [6, 6.07) is 6.31. The topological polar surface area (TPSA) is 46.2 Å². The first-order chi connectivity index (χ1) is 10.1. The zero-order chi connectivity index (χ0) is 15.7. The number of ether oxygens (including phenoxy) is 2. The molecule has 0 aliphatic carbocycles. The number of benzene rings is 1. The Morgan fingerprint density at radius 3 is 1.86 bits per heavy atom. The number of hydrogen-bond donors (Lipinski definition) is 0. The molecule has 0 amide bonds. The van der Waals surface area contributed by atoms with E-state index in [-0.39, 0.29) is 0 Å². The van der Waals surface area contributed by atoms with Crippen LogP contribution < -0.4 is 9.47 Å². The lowest BCUT2D eigenvalue weighted by Crippen LogP contribution is -2.48. The van der Waals surface area contributed by atoms with Crippen molar-refractivity contribution in [2.24, 2.45) is 0 Å². The minimum atomic E-state index is -2.73. The summed E-state index contributed by atoms with van der Waals surface area (Å²) in [6.45, 7) is 7.53. The Kier molecular flexibility index (Phi) is 7.74. The minimum absolute atomic E-state index is 0.560. The average molecular weight is 314 g/mol. The van der Waals surface area contributed by atoms with E-state index in [1.165, 1.54) is 0 Å². The maximum absolute atomic E-state index is 5.88. The molecule has 0 radical (unpaired) electrons. The fraction of sp³-hybridized carbons (Fsp3) is 0.600. The van der Waals surface area contributed by atoms with Crippen molar-refractivity contribution >= 4 is 8.80 Å². The van der Waals surface area contributed by atoms with E-state index in [9.17, 15) is 0 Å². The first-order valence-electron chi connectivity index (χ1n) is 7.27. The molecule has 0 atom stereocenters. The predicted molar refractivity (Wildman–Crippen MR) is 83.9 cm³/mol. The molecule has 0 saturated heterocycles. The predicted octanol–water partition coefficient (Wildman–Crippen LogP) is 2.83. The summed E-state index contributed by atoms with van der Waals surface area (Å²) in [5.74, 6) is 1.51. The van der Waals surface area contributed by atoms with E-state index in [2.05, 4.69) is 0 Å². The van der Waals surface area contributed by atoms with E-state index in [0.717, 1.165) is 17.1 Å². The Hall–Kier alpha value is -1.08. The van der Waals surface area contributed by atoms with Gasteiger partial charge in [-0.2, -0.15) is 0 Å². The van der Waals surface area contributed by atoms with Gasteiger partial charge in [0.1, 0.15) is 11.5 Å². The van der Waals surface area contributed by atoms with E-state index in [1.807, 2.05) is 39.0 Å². The molecule has 0 spiro atoms. The fourth-order valence-electron chi connectivity index (χ4n) is 2.17. The van der Waals surface area contributed by atoms with Crippen LogP contribution in [0, 0.1) is 0 Å². The van der Waals surface area contributed by atoms with Crippen molar-refractivity contribution in [3.05, 3.63) is 23.8 Å². The summed E-state index contributed by atoms with van der Waals surface area (Å²) < 4.78 is 28.3. The molecule has 1 rings (SSSR count). The number of hydrogen-bond acceptors (Lipinski definition) is 5. The first-order valence-corrected chi connectivity index (χ1v) is 9.20. The van der Waals surface area contributed by atoms with Crippen molar-refractivity contribution < 1.29 is 22.8 Å². The average Bonchev–Trinajstić information content (AvgIpc) is 2.48. The van der Waals surface area contributed by atoms with Gasteiger partial charge in [0.05, 0.1) is 14.2 Å². The number of methoxy groups -OCH3 is 2. The van der Waals surface area contributed by atoms with Crippen molar-refractivity contribution in [3.8, 4) is 11.5 Å². The van der Waals surface area contributed by atoms with E-state index in [0.29, 0.717) is 25.9 Å². The molecule has 0 bridgehead atoms. The molecule has 1 aromatic rings. The maximum Gasteiger partial charge on any atom is 0.505 e. The SMILES string of the molecule is CCO[Si](Cc1ccc(OC)cc1OC)(OCC)OCC. The molecular formula is C15H26O5Si. The lowest BCUT2D eigenvalue weighted by Gasteiger charge is -2.29. The first kappa shape index (κ1) is 18.0. The molecular weight excluding hydrogens is 288 g/mol. The summed E-state index contributed by atoms with van der Waals surface area (Å²) in [7, 11) is 0.543. The molecule has 0 unspecified atom stereocenters. The second kappa shape index (κ2) is 9.04. The summed E-state index contributed by atoms with van der Waals surface area (Å²) >= 11 is 0. The fourth-order valence-corrected chi connectivity index (χ4v) is 4.80. The van der Waals surface area contributed by atoms with Crippen molar-refractivity contribution in [1.29, 1.82) is 0 Å². The molecule has 0 fully saturated rings. The van der Waals surface area contributed by atoms with Gasteiger partial charge < -0.3 is 22.8 Å². The largest absolute Gasteiger partial charge is 0.505 e. The van der Waals surface area contributed by atoms with E-state index >= 15 is 0 Å². The zero-order valence-electron chi connectivity index (χ0n) is 13.6. The van der Waals surface area contributed by atoms with Crippen LogP contribution in [0.2, 0.25) is 0 Å². The Morgan fingerprint density at radius 1 is 0.857 bits per heavy atom. The molecule has 6 heteroatoms. The van der Waals surface area contributed by atoms with Gasteiger partial charge in [0.2, 0.25) is 0 Å². The maximum atomic E-state index is 5.88. The molecule has 21 heavy (non-hydrogen) atoms. The molecule has 1 aromatic carbocycles. The van der Waals surface area contributed by atoms with Crippen LogP contribution in [0.5, 0.6) is 11.5 Å². The van der Waals surface area contributed by atoms with Gasteiger partial charge >= 0.3 is 8.80 Å². The third-order valence-corrected chi connectivity index (χ3v) is 5.99. The highest BCUT2D eigenvalue weighted by molar-refractivity contribution is 6.60. The molecule has 0 aliphatic heterocycles. The van der Waals surface area contributed by atoms with Crippen LogP contribution in [-0.4, -0.2) is 42.8 Å². The van der Waals surface area contributed by atoms with Gasteiger partial charge in [0.15, 0.2) is 0 Å². The summed E-state index contributed by atoms with van der Waals surface area (Å²) in [4.78, 5) is 0. The van der Waals surface area contributed by atoms with Crippen molar-refractivity contribution in [1.82, 2.24) is 0 Å². The van der Waals surface area contributed by atoms with Crippen LogP contribution >= 0.6 is 0 Å². The highest BCUT2D eigenvalue weighted by atomic mass is 28.4. The Balaban J connectivity index is 3.06. The molecule has 0 saturated carbocycles. The third kappa shape index (κ3) is 5.00. The van der Waals surface area contributed by atoms with Crippen molar-refractivity contribution in [3.63, 3.8) is 0 Å². The van der Waals surface area contributed by atoms with Crippen LogP contribution in [0.15, 0.2) is 18.2 Å². The molecule has 0 aliphatic rings. The minimum Gasteiger partial charge on any atom is -0.497 e. The van der Waals surface area contributed by atoms with Gasteiger partial charge in [0, 0.05) is 31.9 Å². The smallest absolute Gasteiger partial charge is 0.497 e. The number of rotatable bonds is 10. The van der Waals surface area contributed by atoms with Crippen LogP contribution in [-0.2, 0) is 19.3 Å². The van der Waals surface area contributed by atoms with Gasteiger partial charge in [-0.05, 0) is 32.4 Å². The van der Waals surface area contributed by atoms with Crippen LogP contribution in [0.3, 0.4) is 0 Å². The summed E-state index contributed by atoms with van der Waals surface area (Å²) in [6.07, 6.45) is 0. The van der Waals surface area contributed by atoms with Crippen LogP contribution in [0.1, 0.15) is 26.3 Å². The van der Waals surface area contributed by atoms with Crippen LogP contribution in [0.4, 0.5) is 0 Å². The van der Waals surface area contributed by atoms with Crippen LogP contribution in [0.25, 0.3) is 0 Å². The lowest BCUT2D eigenvalue weighted by atomic mass is 10.2. The van der Waals surface area contributed by atoms with Gasteiger partial charge in [-0.3, -0.25) is 0 Å². The third-order valence-electron chi connectivity index (χ3n) is 2.99. The zero-order valence-corrected chi connectivity index (χ0v) is 14.6. The molecule has 0 N–H and O–H groups in total. The Labute approximate surface area is 128 Å². The summed E-state index contributed by atoms with van der Waals surface area (Å²) in [5.41, 5.74) is 1.00. The quantitative estimate of drug-likeness (QED) is 0.621. The monoisotopic (exact) mass is 314 g/mol. The molecule has 120 valence electrons. The van der Waals surface area contributed by atoms with E-state index < -0.39 is 8.80 Å². The molecule has 0 heterocycles. The Morgan fingerprint density at radius 2 is 1.43 bits per heavy atom. The van der Waals surface area contributed by atoms with Crippen molar-refractivity contribution in [2.45, 2.75) is 26.8 Å². The lowest BCUT2D eigenvalue weighted by molar-refractivity contribution is 0.0702. The van der Waals surface area contributed by atoms with Crippen molar-refractivity contribution in [2.75, 3.05) is 34.0 Å². The van der Waals surface area contributed by atoms with Gasteiger partial charge in [-0.25, -0.2) is 0 Å². The highest BCUT2D eigenvalue weighted by Gasteiger charge is 2.41. The Bertz CT molecular complexity index is 408.